The number of rotatable bonds is 3. The lowest BCUT2D eigenvalue weighted by Crippen LogP contribution is -2.19. The topological polar surface area (TPSA) is 62.0 Å². The first kappa shape index (κ1) is 13.4. The second kappa shape index (κ2) is 5.71. The van der Waals surface area contributed by atoms with Gasteiger partial charge in [-0.15, -0.1) is 0 Å². The molecule has 0 bridgehead atoms. The summed E-state index contributed by atoms with van der Waals surface area (Å²) in [4.78, 5) is 0. The van der Waals surface area contributed by atoms with Crippen molar-refractivity contribution in [2.75, 3.05) is 17.7 Å². The number of anilines is 2. The van der Waals surface area contributed by atoms with Gasteiger partial charge in [-0.1, -0.05) is 6.07 Å². The molecule has 0 saturated heterocycles. The number of hydrogen-bond acceptors (Lipinski definition) is 3. The zero-order valence-corrected chi connectivity index (χ0v) is 11.9. The van der Waals surface area contributed by atoms with Gasteiger partial charge in [0.1, 0.15) is 5.75 Å². The number of aryl methyl sites for hydroxylation is 2. The molecule has 0 aliphatic heterocycles. The van der Waals surface area contributed by atoms with E-state index in [9.17, 15) is 0 Å². The number of aromatic nitrogens is 2. The first-order valence-corrected chi connectivity index (χ1v) is 6.24. The minimum atomic E-state index is 0.515. The van der Waals surface area contributed by atoms with E-state index in [1.807, 2.05) is 38.1 Å². The summed E-state index contributed by atoms with van der Waals surface area (Å²) in [6.45, 7) is 3.86. The van der Waals surface area contributed by atoms with Gasteiger partial charge >= 0.3 is 0 Å². The summed E-state index contributed by atoms with van der Waals surface area (Å²) < 4.78 is 5.16. The van der Waals surface area contributed by atoms with Crippen LogP contribution in [0, 0.1) is 13.8 Å². The molecule has 0 aliphatic rings. The van der Waals surface area contributed by atoms with Gasteiger partial charge in [0.05, 0.1) is 24.2 Å². The zero-order chi connectivity index (χ0) is 13.8. The average Bonchev–Trinajstić information content (AvgIpc) is 2.71. The predicted molar refractivity (Wildman–Crippen MR) is 80.9 cm³/mol. The number of thiocarbonyl (C=S) groups is 1. The molecule has 0 unspecified atom stereocenters. The molecule has 0 atom stereocenters. The van der Waals surface area contributed by atoms with Crippen molar-refractivity contribution in [3.8, 4) is 5.75 Å². The van der Waals surface area contributed by atoms with Gasteiger partial charge < -0.3 is 15.4 Å². The van der Waals surface area contributed by atoms with E-state index in [1.54, 1.807) is 7.11 Å². The summed E-state index contributed by atoms with van der Waals surface area (Å²) in [5, 5.41) is 13.8. The van der Waals surface area contributed by atoms with Crippen LogP contribution >= 0.6 is 12.2 Å². The Morgan fingerprint density at radius 1 is 1.32 bits per heavy atom. The molecule has 3 N–H and O–H groups in total. The van der Waals surface area contributed by atoms with Crippen LogP contribution in [0.4, 0.5) is 11.4 Å². The van der Waals surface area contributed by atoms with Crippen molar-refractivity contribution in [1.29, 1.82) is 0 Å². The molecular formula is C13H16N4OS. The van der Waals surface area contributed by atoms with Crippen LogP contribution in [-0.4, -0.2) is 22.4 Å². The maximum Gasteiger partial charge on any atom is 0.175 e. The van der Waals surface area contributed by atoms with Crippen LogP contribution in [0.3, 0.4) is 0 Å². The minimum Gasteiger partial charge on any atom is -0.497 e. The third-order valence-electron chi connectivity index (χ3n) is 2.69. The van der Waals surface area contributed by atoms with Gasteiger partial charge in [0.15, 0.2) is 5.11 Å². The van der Waals surface area contributed by atoms with Crippen molar-refractivity contribution in [2.24, 2.45) is 0 Å². The molecular weight excluding hydrogens is 260 g/mol. The summed E-state index contributed by atoms with van der Waals surface area (Å²) in [7, 11) is 1.63. The molecule has 2 rings (SSSR count). The fraction of sp³-hybridized carbons (Fsp3) is 0.231. The average molecular weight is 276 g/mol. The molecule has 0 amide bonds. The summed E-state index contributed by atoms with van der Waals surface area (Å²) in [6.07, 6.45) is 0. The highest BCUT2D eigenvalue weighted by Crippen LogP contribution is 2.19. The van der Waals surface area contributed by atoms with E-state index in [1.165, 1.54) is 0 Å². The van der Waals surface area contributed by atoms with E-state index < -0.39 is 0 Å². The summed E-state index contributed by atoms with van der Waals surface area (Å²) in [5.41, 5.74) is 3.61. The summed E-state index contributed by atoms with van der Waals surface area (Å²) in [6, 6.07) is 7.58. The Labute approximate surface area is 117 Å². The minimum absolute atomic E-state index is 0.515. The van der Waals surface area contributed by atoms with Crippen LogP contribution in [0.15, 0.2) is 24.3 Å². The fourth-order valence-electron chi connectivity index (χ4n) is 1.71. The summed E-state index contributed by atoms with van der Waals surface area (Å²) in [5.74, 6) is 0.781. The number of H-pyrrole nitrogens is 1. The lowest BCUT2D eigenvalue weighted by atomic mass is 10.3. The van der Waals surface area contributed by atoms with E-state index in [4.69, 9.17) is 17.0 Å². The number of ether oxygens (including phenoxy) is 1. The number of methoxy groups -OCH3 is 1. The van der Waals surface area contributed by atoms with Crippen LogP contribution in [0.2, 0.25) is 0 Å². The fourth-order valence-corrected chi connectivity index (χ4v) is 1.93. The molecule has 0 fully saturated rings. The Balaban J connectivity index is 2.05. The van der Waals surface area contributed by atoms with E-state index in [-0.39, 0.29) is 0 Å². The monoisotopic (exact) mass is 276 g/mol. The van der Waals surface area contributed by atoms with Crippen LogP contribution in [0.1, 0.15) is 11.4 Å². The maximum absolute atomic E-state index is 5.28. The molecule has 5 nitrogen and oxygen atoms in total. The molecule has 0 spiro atoms. The number of benzene rings is 1. The quantitative estimate of drug-likeness (QED) is 0.752. The van der Waals surface area contributed by atoms with Gasteiger partial charge in [-0.2, -0.15) is 5.10 Å². The normalized spacial score (nSPS) is 10.1. The van der Waals surface area contributed by atoms with Gasteiger partial charge in [-0.3, -0.25) is 5.10 Å². The Kier molecular flexibility index (Phi) is 4.01. The Bertz CT molecular complexity index is 575. The lowest BCUT2D eigenvalue weighted by Gasteiger charge is -2.11. The smallest absolute Gasteiger partial charge is 0.175 e. The van der Waals surface area contributed by atoms with Gasteiger partial charge in [0.25, 0.3) is 0 Å². The van der Waals surface area contributed by atoms with Gasteiger partial charge in [-0.25, -0.2) is 0 Å². The third-order valence-corrected chi connectivity index (χ3v) is 2.90. The molecule has 1 aromatic heterocycles. The summed E-state index contributed by atoms with van der Waals surface area (Å²) >= 11 is 5.28. The van der Waals surface area contributed by atoms with E-state index >= 15 is 0 Å². The van der Waals surface area contributed by atoms with Gasteiger partial charge in [0.2, 0.25) is 0 Å². The highest BCUT2D eigenvalue weighted by atomic mass is 32.1. The van der Waals surface area contributed by atoms with Crippen molar-refractivity contribution < 1.29 is 4.74 Å². The molecule has 1 aromatic carbocycles. The molecule has 2 aromatic rings. The van der Waals surface area contributed by atoms with Crippen LogP contribution < -0.4 is 15.4 Å². The number of aromatic amines is 1. The van der Waals surface area contributed by atoms with E-state index in [0.29, 0.717) is 5.11 Å². The molecule has 0 saturated carbocycles. The molecule has 0 radical (unpaired) electrons. The Morgan fingerprint density at radius 2 is 2.11 bits per heavy atom. The highest BCUT2D eigenvalue weighted by Gasteiger charge is 2.08. The molecule has 19 heavy (non-hydrogen) atoms. The number of hydrogen-bond donors (Lipinski definition) is 3. The van der Waals surface area contributed by atoms with Crippen molar-refractivity contribution >= 4 is 28.7 Å². The predicted octanol–water partition coefficient (Wildman–Crippen LogP) is 2.84. The Morgan fingerprint density at radius 3 is 2.74 bits per heavy atom. The second-order valence-corrected chi connectivity index (χ2v) is 4.53. The standard InChI is InChI=1S/C13H16N4OS/c1-8-12(9(2)17-16-8)15-13(19)14-10-5-4-6-11(7-10)18-3/h4-7H,1-3H3,(H,16,17)(H2,14,15,19). The number of nitrogens with zero attached hydrogens (tertiary/aromatic N) is 1. The van der Waals surface area contributed by atoms with Gasteiger partial charge in [-0.05, 0) is 38.2 Å². The second-order valence-electron chi connectivity index (χ2n) is 4.12. The Hall–Kier alpha value is -2.08. The van der Waals surface area contributed by atoms with E-state index in [2.05, 4.69) is 20.8 Å². The van der Waals surface area contributed by atoms with Crippen LogP contribution in [0.25, 0.3) is 0 Å². The van der Waals surface area contributed by atoms with Crippen molar-refractivity contribution in [3.05, 3.63) is 35.7 Å². The lowest BCUT2D eigenvalue weighted by molar-refractivity contribution is 0.415. The highest BCUT2D eigenvalue weighted by molar-refractivity contribution is 7.80. The zero-order valence-electron chi connectivity index (χ0n) is 11.1. The number of nitrogens with one attached hydrogen (secondary N) is 3. The first-order valence-electron chi connectivity index (χ1n) is 5.84. The SMILES string of the molecule is COc1cccc(NC(=S)Nc2c(C)n[nH]c2C)c1. The maximum atomic E-state index is 5.28. The van der Waals surface area contributed by atoms with Crippen LogP contribution in [-0.2, 0) is 0 Å². The molecule has 100 valence electrons. The van der Waals surface area contributed by atoms with Crippen molar-refractivity contribution in [1.82, 2.24) is 10.2 Å². The van der Waals surface area contributed by atoms with Crippen molar-refractivity contribution in [2.45, 2.75) is 13.8 Å². The van der Waals surface area contributed by atoms with E-state index in [0.717, 1.165) is 28.5 Å². The van der Waals surface area contributed by atoms with Crippen molar-refractivity contribution in [3.63, 3.8) is 0 Å². The largest absolute Gasteiger partial charge is 0.497 e. The van der Waals surface area contributed by atoms with Gasteiger partial charge in [0, 0.05) is 11.8 Å². The first-order chi connectivity index (χ1) is 9.10. The van der Waals surface area contributed by atoms with Crippen LogP contribution in [0.5, 0.6) is 5.75 Å². The molecule has 6 heteroatoms. The third kappa shape index (κ3) is 3.23. The molecule has 0 aliphatic carbocycles. The molecule has 1 heterocycles.